The van der Waals surface area contributed by atoms with E-state index in [4.69, 9.17) is 4.74 Å². The summed E-state index contributed by atoms with van der Waals surface area (Å²) < 4.78 is 5.77. The lowest BCUT2D eigenvalue weighted by Crippen LogP contribution is -2.45. The molecule has 120 valence electrons. The van der Waals surface area contributed by atoms with Gasteiger partial charge >= 0.3 is 0 Å². The van der Waals surface area contributed by atoms with Crippen LogP contribution < -0.4 is 0 Å². The lowest BCUT2D eigenvalue weighted by atomic mass is 9.84. The SMILES string of the molecule is CCC(C)(C)CCCCCOCCN1CCN(C)CC1. The molecule has 0 aromatic rings. The summed E-state index contributed by atoms with van der Waals surface area (Å²) in [5.41, 5.74) is 0.530. The average Bonchev–Trinajstić information content (AvgIpc) is 2.43. The molecule has 1 aliphatic rings. The smallest absolute Gasteiger partial charge is 0.0593 e. The fraction of sp³-hybridized carbons (Fsp3) is 1.00. The van der Waals surface area contributed by atoms with E-state index in [1.54, 1.807) is 0 Å². The van der Waals surface area contributed by atoms with Crippen molar-refractivity contribution in [1.29, 1.82) is 0 Å². The monoisotopic (exact) mass is 284 g/mol. The quantitative estimate of drug-likeness (QED) is 0.573. The van der Waals surface area contributed by atoms with E-state index in [2.05, 4.69) is 37.6 Å². The average molecular weight is 284 g/mol. The van der Waals surface area contributed by atoms with E-state index in [0.717, 1.165) is 19.8 Å². The number of hydrogen-bond donors (Lipinski definition) is 0. The molecule has 0 aliphatic carbocycles. The van der Waals surface area contributed by atoms with Crippen molar-refractivity contribution < 1.29 is 4.74 Å². The largest absolute Gasteiger partial charge is 0.380 e. The van der Waals surface area contributed by atoms with Crippen LogP contribution in [0.1, 0.15) is 52.9 Å². The molecular formula is C17H36N2O. The summed E-state index contributed by atoms with van der Waals surface area (Å²) in [6.07, 6.45) is 6.53. The van der Waals surface area contributed by atoms with Crippen molar-refractivity contribution in [2.24, 2.45) is 5.41 Å². The third-order valence-electron chi connectivity index (χ3n) is 4.75. The number of hydrogen-bond acceptors (Lipinski definition) is 3. The number of ether oxygens (including phenoxy) is 1. The first-order valence-electron chi connectivity index (χ1n) is 8.52. The molecule has 1 rings (SSSR count). The molecule has 3 nitrogen and oxygen atoms in total. The molecule has 1 heterocycles. The zero-order chi connectivity index (χ0) is 14.8. The number of piperazine rings is 1. The first-order valence-corrected chi connectivity index (χ1v) is 8.52. The van der Waals surface area contributed by atoms with Crippen molar-refractivity contribution >= 4 is 0 Å². The number of rotatable bonds is 10. The molecule has 1 saturated heterocycles. The van der Waals surface area contributed by atoms with Crippen LogP contribution in [0.3, 0.4) is 0 Å². The highest BCUT2D eigenvalue weighted by Gasteiger charge is 2.14. The van der Waals surface area contributed by atoms with Crippen LogP contribution in [-0.2, 0) is 4.74 Å². The van der Waals surface area contributed by atoms with Crippen LogP contribution in [0.2, 0.25) is 0 Å². The molecule has 0 N–H and O–H groups in total. The predicted molar refractivity (Wildman–Crippen MR) is 87.3 cm³/mol. The molecule has 1 aliphatic heterocycles. The van der Waals surface area contributed by atoms with Gasteiger partial charge in [-0.25, -0.2) is 0 Å². The fourth-order valence-electron chi connectivity index (χ4n) is 2.53. The van der Waals surface area contributed by atoms with Gasteiger partial charge in [-0.15, -0.1) is 0 Å². The summed E-state index contributed by atoms with van der Waals surface area (Å²) in [7, 11) is 2.20. The lowest BCUT2D eigenvalue weighted by molar-refractivity contribution is 0.0796. The van der Waals surface area contributed by atoms with Crippen LogP contribution in [0, 0.1) is 5.41 Å². The summed E-state index contributed by atoms with van der Waals surface area (Å²) in [6, 6.07) is 0. The Kier molecular flexibility index (Phi) is 8.74. The summed E-state index contributed by atoms with van der Waals surface area (Å²) in [4.78, 5) is 4.92. The fourth-order valence-corrected chi connectivity index (χ4v) is 2.53. The van der Waals surface area contributed by atoms with Crippen LogP contribution in [0.25, 0.3) is 0 Å². The van der Waals surface area contributed by atoms with E-state index < -0.39 is 0 Å². The molecular weight excluding hydrogens is 248 g/mol. The molecule has 20 heavy (non-hydrogen) atoms. The minimum Gasteiger partial charge on any atom is -0.380 e. The predicted octanol–water partition coefficient (Wildman–Crippen LogP) is 3.25. The zero-order valence-corrected chi connectivity index (χ0v) is 14.3. The summed E-state index contributed by atoms with van der Waals surface area (Å²) in [5.74, 6) is 0. The second-order valence-corrected chi connectivity index (χ2v) is 7.09. The van der Waals surface area contributed by atoms with Gasteiger partial charge in [0.05, 0.1) is 6.61 Å². The Hall–Kier alpha value is -0.120. The van der Waals surface area contributed by atoms with E-state index in [1.165, 1.54) is 58.3 Å². The minimum atomic E-state index is 0.530. The molecule has 0 aromatic heterocycles. The zero-order valence-electron chi connectivity index (χ0n) is 14.3. The van der Waals surface area contributed by atoms with E-state index >= 15 is 0 Å². The normalized spacial score (nSPS) is 18.6. The highest BCUT2D eigenvalue weighted by Crippen LogP contribution is 2.26. The molecule has 1 fully saturated rings. The van der Waals surface area contributed by atoms with E-state index in [1.807, 2.05) is 0 Å². The van der Waals surface area contributed by atoms with Crippen molar-refractivity contribution in [3.05, 3.63) is 0 Å². The van der Waals surface area contributed by atoms with Crippen molar-refractivity contribution in [2.75, 3.05) is 53.0 Å². The van der Waals surface area contributed by atoms with Gasteiger partial charge in [0, 0.05) is 39.3 Å². The third-order valence-corrected chi connectivity index (χ3v) is 4.75. The van der Waals surface area contributed by atoms with Crippen LogP contribution in [0.5, 0.6) is 0 Å². The Morgan fingerprint density at radius 3 is 2.30 bits per heavy atom. The van der Waals surface area contributed by atoms with Gasteiger partial charge in [0.25, 0.3) is 0 Å². The number of nitrogens with zero attached hydrogens (tertiary/aromatic N) is 2. The highest BCUT2D eigenvalue weighted by atomic mass is 16.5. The minimum absolute atomic E-state index is 0.530. The lowest BCUT2D eigenvalue weighted by Gasteiger charge is -2.32. The van der Waals surface area contributed by atoms with Gasteiger partial charge in [-0.1, -0.05) is 40.0 Å². The van der Waals surface area contributed by atoms with Crippen molar-refractivity contribution in [3.8, 4) is 0 Å². The van der Waals surface area contributed by atoms with E-state index in [-0.39, 0.29) is 0 Å². The van der Waals surface area contributed by atoms with Crippen molar-refractivity contribution in [1.82, 2.24) is 9.80 Å². The van der Waals surface area contributed by atoms with Gasteiger partial charge < -0.3 is 9.64 Å². The van der Waals surface area contributed by atoms with Crippen LogP contribution >= 0.6 is 0 Å². The highest BCUT2D eigenvalue weighted by molar-refractivity contribution is 4.68. The number of likely N-dealkylation sites (N-methyl/N-ethyl adjacent to an activating group) is 1. The Morgan fingerprint density at radius 2 is 1.65 bits per heavy atom. The Morgan fingerprint density at radius 1 is 0.950 bits per heavy atom. The summed E-state index contributed by atoms with van der Waals surface area (Å²) in [6.45, 7) is 14.8. The molecule has 0 unspecified atom stereocenters. The third kappa shape index (κ3) is 8.23. The van der Waals surface area contributed by atoms with Gasteiger partial charge in [-0.05, 0) is 25.3 Å². The van der Waals surface area contributed by atoms with Gasteiger partial charge in [0.1, 0.15) is 0 Å². The molecule has 0 atom stereocenters. The second kappa shape index (κ2) is 9.75. The van der Waals surface area contributed by atoms with Crippen LogP contribution in [0.15, 0.2) is 0 Å². The first kappa shape index (κ1) is 17.9. The molecule has 0 bridgehead atoms. The molecule has 0 radical (unpaired) electrons. The second-order valence-electron chi connectivity index (χ2n) is 7.09. The van der Waals surface area contributed by atoms with Crippen molar-refractivity contribution in [2.45, 2.75) is 52.9 Å². The number of unbranched alkanes of at least 4 members (excludes halogenated alkanes) is 2. The molecule has 0 spiro atoms. The Bertz CT molecular complexity index is 235. The molecule has 0 aromatic carbocycles. The maximum Gasteiger partial charge on any atom is 0.0593 e. The maximum atomic E-state index is 5.77. The van der Waals surface area contributed by atoms with Crippen molar-refractivity contribution in [3.63, 3.8) is 0 Å². The standard InChI is InChI=1S/C17H36N2O/c1-5-17(2,3)9-7-6-8-15-20-16-14-19-12-10-18(4)11-13-19/h5-16H2,1-4H3. The van der Waals surface area contributed by atoms with Gasteiger partial charge in [-0.3, -0.25) is 4.90 Å². The molecule has 3 heteroatoms. The summed E-state index contributed by atoms with van der Waals surface area (Å²) in [5, 5.41) is 0. The van der Waals surface area contributed by atoms with E-state index in [0.29, 0.717) is 5.41 Å². The van der Waals surface area contributed by atoms with Crippen LogP contribution in [-0.4, -0.2) is 62.8 Å². The van der Waals surface area contributed by atoms with Gasteiger partial charge in [-0.2, -0.15) is 0 Å². The van der Waals surface area contributed by atoms with E-state index in [9.17, 15) is 0 Å². The van der Waals surface area contributed by atoms with Gasteiger partial charge in [0.2, 0.25) is 0 Å². The maximum absolute atomic E-state index is 5.77. The molecule has 0 saturated carbocycles. The summed E-state index contributed by atoms with van der Waals surface area (Å²) >= 11 is 0. The first-order chi connectivity index (χ1) is 9.53. The van der Waals surface area contributed by atoms with Gasteiger partial charge in [0.15, 0.2) is 0 Å². The Balaban J connectivity index is 1.85. The topological polar surface area (TPSA) is 15.7 Å². The Labute approximate surface area is 126 Å². The molecule has 0 amide bonds. The van der Waals surface area contributed by atoms with Crippen LogP contribution in [0.4, 0.5) is 0 Å².